The Labute approximate surface area is 95.7 Å². The Morgan fingerprint density at radius 3 is 2.93 bits per heavy atom. The first-order valence-corrected chi connectivity index (χ1v) is 5.13. The molecule has 5 heteroatoms. The number of halogens is 1. The van der Waals surface area contributed by atoms with E-state index in [2.05, 4.69) is 31.2 Å². The third-order valence-electron chi connectivity index (χ3n) is 1.83. The van der Waals surface area contributed by atoms with Gasteiger partial charge in [0.1, 0.15) is 6.33 Å². The van der Waals surface area contributed by atoms with Crippen LogP contribution in [0.4, 0.5) is 17.2 Å². The number of benzene rings is 1. The van der Waals surface area contributed by atoms with E-state index in [9.17, 15) is 0 Å². The lowest BCUT2D eigenvalue weighted by Crippen LogP contribution is -1.99. The van der Waals surface area contributed by atoms with Gasteiger partial charge in [0, 0.05) is 10.2 Å². The lowest BCUT2D eigenvalue weighted by molar-refractivity contribution is 1.17. The van der Waals surface area contributed by atoms with Crippen molar-refractivity contribution in [3.8, 4) is 0 Å². The highest BCUT2D eigenvalue weighted by molar-refractivity contribution is 9.10. The predicted molar refractivity (Wildman–Crippen MR) is 63.9 cm³/mol. The van der Waals surface area contributed by atoms with Gasteiger partial charge in [0.15, 0.2) is 5.82 Å². The van der Waals surface area contributed by atoms with Gasteiger partial charge in [0.05, 0.1) is 11.9 Å². The molecule has 1 heterocycles. The van der Waals surface area contributed by atoms with Crippen LogP contribution in [-0.4, -0.2) is 9.97 Å². The van der Waals surface area contributed by atoms with Crippen LogP contribution in [0.1, 0.15) is 0 Å². The number of nitrogen functional groups attached to an aromatic ring is 1. The van der Waals surface area contributed by atoms with E-state index in [4.69, 9.17) is 5.73 Å². The van der Waals surface area contributed by atoms with Gasteiger partial charge in [-0.1, -0.05) is 22.0 Å². The van der Waals surface area contributed by atoms with Gasteiger partial charge in [-0.3, -0.25) is 0 Å². The molecule has 0 spiro atoms. The molecule has 0 saturated carbocycles. The van der Waals surface area contributed by atoms with Crippen LogP contribution in [-0.2, 0) is 0 Å². The van der Waals surface area contributed by atoms with Crippen molar-refractivity contribution in [2.24, 2.45) is 0 Å². The lowest BCUT2D eigenvalue weighted by Gasteiger charge is -2.07. The summed E-state index contributed by atoms with van der Waals surface area (Å²) < 4.78 is 1.00. The van der Waals surface area contributed by atoms with Gasteiger partial charge in [-0.25, -0.2) is 9.97 Å². The molecule has 0 radical (unpaired) electrons. The Balaban J connectivity index is 2.26. The van der Waals surface area contributed by atoms with E-state index in [1.807, 2.05) is 24.3 Å². The number of nitrogens with one attached hydrogen (secondary N) is 1. The van der Waals surface area contributed by atoms with Crippen LogP contribution in [0.15, 0.2) is 41.3 Å². The molecule has 0 bridgehead atoms. The maximum Gasteiger partial charge on any atom is 0.157 e. The largest absolute Gasteiger partial charge is 0.394 e. The van der Waals surface area contributed by atoms with Crippen LogP contribution >= 0.6 is 15.9 Å². The van der Waals surface area contributed by atoms with Gasteiger partial charge < -0.3 is 11.1 Å². The van der Waals surface area contributed by atoms with Crippen molar-refractivity contribution in [2.45, 2.75) is 0 Å². The summed E-state index contributed by atoms with van der Waals surface area (Å²) in [6.45, 7) is 0. The molecule has 0 aliphatic heterocycles. The van der Waals surface area contributed by atoms with Crippen LogP contribution in [0.2, 0.25) is 0 Å². The van der Waals surface area contributed by atoms with Crippen molar-refractivity contribution in [3.05, 3.63) is 41.3 Å². The summed E-state index contributed by atoms with van der Waals surface area (Å²) in [7, 11) is 0. The van der Waals surface area contributed by atoms with E-state index in [0.29, 0.717) is 11.5 Å². The molecule has 0 unspecified atom stereocenters. The van der Waals surface area contributed by atoms with Gasteiger partial charge in [0.2, 0.25) is 0 Å². The summed E-state index contributed by atoms with van der Waals surface area (Å²) >= 11 is 3.39. The van der Waals surface area contributed by atoms with E-state index >= 15 is 0 Å². The molecule has 15 heavy (non-hydrogen) atoms. The van der Waals surface area contributed by atoms with Crippen LogP contribution in [0.25, 0.3) is 0 Å². The average Bonchev–Trinajstić information content (AvgIpc) is 2.22. The van der Waals surface area contributed by atoms with E-state index in [1.54, 1.807) is 6.20 Å². The van der Waals surface area contributed by atoms with Gasteiger partial charge in [-0.2, -0.15) is 0 Å². The van der Waals surface area contributed by atoms with E-state index < -0.39 is 0 Å². The molecular weight excluding hydrogens is 256 g/mol. The van der Waals surface area contributed by atoms with Gasteiger partial charge in [-0.15, -0.1) is 0 Å². The summed E-state index contributed by atoms with van der Waals surface area (Å²) in [4.78, 5) is 7.86. The normalized spacial score (nSPS) is 9.93. The summed E-state index contributed by atoms with van der Waals surface area (Å²) in [6.07, 6.45) is 3.02. The fraction of sp³-hybridized carbons (Fsp3) is 0. The first kappa shape index (κ1) is 9.92. The Hall–Kier alpha value is -1.62. The van der Waals surface area contributed by atoms with Crippen LogP contribution < -0.4 is 11.1 Å². The molecule has 0 aliphatic rings. The molecule has 76 valence electrons. The zero-order valence-corrected chi connectivity index (χ0v) is 9.40. The predicted octanol–water partition coefficient (Wildman–Crippen LogP) is 2.56. The molecule has 0 amide bonds. The van der Waals surface area contributed by atoms with Crippen LogP contribution in [0, 0.1) is 0 Å². The SMILES string of the molecule is Nc1cncnc1Nc1cccc(Br)c1. The molecule has 0 saturated heterocycles. The molecule has 0 aliphatic carbocycles. The molecule has 3 N–H and O–H groups in total. The third-order valence-corrected chi connectivity index (χ3v) is 2.32. The quantitative estimate of drug-likeness (QED) is 0.875. The fourth-order valence-corrected chi connectivity index (χ4v) is 1.55. The monoisotopic (exact) mass is 264 g/mol. The fourth-order valence-electron chi connectivity index (χ4n) is 1.15. The maximum absolute atomic E-state index is 5.71. The second-order valence-electron chi connectivity index (χ2n) is 2.96. The minimum Gasteiger partial charge on any atom is -0.394 e. The topological polar surface area (TPSA) is 63.8 Å². The van der Waals surface area contributed by atoms with Crippen LogP contribution in [0.3, 0.4) is 0 Å². The highest BCUT2D eigenvalue weighted by Gasteiger charge is 2.00. The average molecular weight is 265 g/mol. The second kappa shape index (κ2) is 4.27. The highest BCUT2D eigenvalue weighted by atomic mass is 79.9. The zero-order chi connectivity index (χ0) is 10.7. The standard InChI is InChI=1S/C10H9BrN4/c11-7-2-1-3-8(4-7)15-10-9(12)5-13-6-14-10/h1-6H,12H2,(H,13,14,15). The van der Waals surface area contributed by atoms with Crippen molar-refractivity contribution >= 4 is 33.1 Å². The van der Waals surface area contributed by atoms with Gasteiger partial charge in [0.25, 0.3) is 0 Å². The molecule has 0 atom stereocenters. The first-order chi connectivity index (χ1) is 7.25. The lowest BCUT2D eigenvalue weighted by atomic mass is 10.3. The highest BCUT2D eigenvalue weighted by Crippen LogP contribution is 2.21. The molecule has 2 rings (SSSR count). The number of hydrogen-bond acceptors (Lipinski definition) is 4. The summed E-state index contributed by atoms with van der Waals surface area (Å²) in [5, 5.41) is 3.11. The van der Waals surface area contributed by atoms with E-state index in [1.165, 1.54) is 6.33 Å². The van der Waals surface area contributed by atoms with Crippen molar-refractivity contribution in [3.63, 3.8) is 0 Å². The molecule has 4 nitrogen and oxygen atoms in total. The summed E-state index contributed by atoms with van der Waals surface area (Å²) in [5.41, 5.74) is 7.16. The molecule has 0 fully saturated rings. The van der Waals surface area contributed by atoms with Gasteiger partial charge in [-0.05, 0) is 18.2 Å². The zero-order valence-electron chi connectivity index (χ0n) is 7.81. The number of nitrogens with two attached hydrogens (primary N) is 1. The van der Waals surface area contributed by atoms with Crippen molar-refractivity contribution in [1.29, 1.82) is 0 Å². The van der Waals surface area contributed by atoms with E-state index in [0.717, 1.165) is 10.2 Å². The molecule has 1 aromatic carbocycles. The number of anilines is 3. The number of hydrogen-bond donors (Lipinski definition) is 2. The smallest absolute Gasteiger partial charge is 0.157 e. The summed E-state index contributed by atoms with van der Waals surface area (Å²) in [5.74, 6) is 0.614. The number of nitrogens with zero attached hydrogens (tertiary/aromatic N) is 2. The Bertz CT molecular complexity index is 472. The molecule has 2 aromatic rings. The van der Waals surface area contributed by atoms with Crippen molar-refractivity contribution < 1.29 is 0 Å². The van der Waals surface area contributed by atoms with Crippen molar-refractivity contribution in [2.75, 3.05) is 11.1 Å². The molecule has 1 aromatic heterocycles. The Kier molecular flexibility index (Phi) is 2.82. The van der Waals surface area contributed by atoms with E-state index in [-0.39, 0.29) is 0 Å². The van der Waals surface area contributed by atoms with Crippen LogP contribution in [0.5, 0.6) is 0 Å². The third kappa shape index (κ3) is 2.44. The molecular formula is C10H9BrN4. The minimum atomic E-state index is 0.525. The second-order valence-corrected chi connectivity index (χ2v) is 3.88. The Morgan fingerprint density at radius 1 is 1.33 bits per heavy atom. The van der Waals surface area contributed by atoms with Crippen molar-refractivity contribution in [1.82, 2.24) is 9.97 Å². The summed E-state index contributed by atoms with van der Waals surface area (Å²) in [6, 6.07) is 7.77. The van der Waals surface area contributed by atoms with Gasteiger partial charge >= 0.3 is 0 Å². The minimum absolute atomic E-state index is 0.525. The Morgan fingerprint density at radius 2 is 2.20 bits per heavy atom. The number of aromatic nitrogens is 2. The first-order valence-electron chi connectivity index (χ1n) is 4.34. The number of rotatable bonds is 2. The maximum atomic E-state index is 5.71.